The maximum atomic E-state index is 5.84. The van der Waals surface area contributed by atoms with E-state index in [1.165, 1.54) is 0 Å². The van der Waals surface area contributed by atoms with Gasteiger partial charge in [0.05, 0.1) is 12.4 Å². The fourth-order valence-electron chi connectivity index (χ4n) is 1.52. The summed E-state index contributed by atoms with van der Waals surface area (Å²) < 4.78 is 0. The van der Waals surface area contributed by atoms with E-state index in [2.05, 4.69) is 20.2 Å². The summed E-state index contributed by atoms with van der Waals surface area (Å²) in [7, 11) is 0. The lowest BCUT2D eigenvalue weighted by atomic mass is 10.2. The molecule has 0 bridgehead atoms. The predicted molar refractivity (Wildman–Crippen MR) is 57.6 cm³/mol. The van der Waals surface area contributed by atoms with E-state index in [9.17, 15) is 0 Å². The number of pyridine rings is 2. The molecule has 15 heavy (non-hydrogen) atoms. The van der Waals surface area contributed by atoms with Crippen molar-refractivity contribution in [2.45, 2.75) is 0 Å². The number of hydrogen-bond donors (Lipinski definition) is 0. The van der Waals surface area contributed by atoms with Crippen LogP contribution in [-0.4, -0.2) is 20.2 Å². The maximum absolute atomic E-state index is 5.84. The van der Waals surface area contributed by atoms with E-state index < -0.39 is 0 Å². The summed E-state index contributed by atoms with van der Waals surface area (Å²) in [5, 5.41) is 10.5. The molecule has 0 aromatic carbocycles. The minimum Gasteiger partial charge on any atom is -0.262 e. The molecular weight excluding hydrogens is 212 g/mol. The number of hydrogen-bond acceptors (Lipinski definition) is 4. The molecule has 0 radical (unpaired) electrons. The highest BCUT2D eigenvalue weighted by molar-refractivity contribution is 6.30. The highest BCUT2D eigenvalue weighted by atomic mass is 35.5. The van der Waals surface area contributed by atoms with Crippen LogP contribution < -0.4 is 0 Å². The molecule has 0 fully saturated rings. The third kappa shape index (κ3) is 1.30. The Morgan fingerprint density at radius 1 is 1.00 bits per heavy atom. The zero-order valence-electron chi connectivity index (χ0n) is 7.55. The highest BCUT2D eigenvalue weighted by Crippen LogP contribution is 2.22. The van der Waals surface area contributed by atoms with Crippen LogP contribution in [-0.2, 0) is 0 Å². The molecule has 0 N–H and O–H groups in total. The lowest BCUT2D eigenvalue weighted by Gasteiger charge is -2.00. The molecule has 3 aromatic heterocycles. The first-order chi connectivity index (χ1) is 7.34. The van der Waals surface area contributed by atoms with Gasteiger partial charge in [-0.3, -0.25) is 4.98 Å². The molecule has 0 atom stereocenters. The summed E-state index contributed by atoms with van der Waals surface area (Å²) in [5.41, 5.74) is 1.49. The number of rotatable bonds is 0. The van der Waals surface area contributed by atoms with Crippen molar-refractivity contribution in [3.8, 4) is 0 Å². The Labute approximate surface area is 89.9 Å². The number of halogens is 1. The van der Waals surface area contributed by atoms with Gasteiger partial charge in [-0.2, -0.15) is 0 Å². The zero-order valence-corrected chi connectivity index (χ0v) is 8.31. The molecule has 3 rings (SSSR count). The Bertz CT molecular complexity index is 653. The lowest BCUT2D eigenvalue weighted by molar-refractivity contribution is 1.10. The van der Waals surface area contributed by atoms with Gasteiger partial charge in [0.25, 0.3) is 0 Å². The minimum absolute atomic E-state index is 0.452. The third-order valence-corrected chi connectivity index (χ3v) is 2.41. The molecule has 72 valence electrons. The molecule has 0 spiro atoms. The van der Waals surface area contributed by atoms with Crippen molar-refractivity contribution in [3.05, 3.63) is 35.9 Å². The molecule has 0 unspecified atom stereocenters. The van der Waals surface area contributed by atoms with Gasteiger partial charge >= 0.3 is 0 Å². The van der Waals surface area contributed by atoms with Gasteiger partial charge in [-0.05, 0) is 12.1 Å². The zero-order chi connectivity index (χ0) is 10.3. The van der Waals surface area contributed by atoms with Crippen molar-refractivity contribution in [2.75, 3.05) is 0 Å². The fraction of sp³-hybridized carbons (Fsp3) is 0. The Morgan fingerprint density at radius 3 is 2.67 bits per heavy atom. The van der Waals surface area contributed by atoms with Crippen LogP contribution in [0.1, 0.15) is 0 Å². The van der Waals surface area contributed by atoms with Crippen molar-refractivity contribution in [1.29, 1.82) is 0 Å². The quantitative estimate of drug-likeness (QED) is 0.427. The van der Waals surface area contributed by atoms with E-state index in [1.54, 1.807) is 24.7 Å². The van der Waals surface area contributed by atoms with Gasteiger partial charge in [-0.1, -0.05) is 11.6 Å². The Kier molecular flexibility index (Phi) is 1.76. The summed E-state index contributed by atoms with van der Waals surface area (Å²) >= 11 is 5.84. The Balaban J connectivity index is 2.57. The van der Waals surface area contributed by atoms with Crippen LogP contribution in [0.25, 0.3) is 21.8 Å². The summed E-state index contributed by atoms with van der Waals surface area (Å²) in [5.74, 6) is 0. The summed E-state index contributed by atoms with van der Waals surface area (Å²) in [6, 6.07) is 3.68. The monoisotopic (exact) mass is 216 g/mol. The van der Waals surface area contributed by atoms with Crippen LogP contribution in [0, 0.1) is 0 Å². The second-order valence-corrected chi connectivity index (χ2v) is 3.50. The van der Waals surface area contributed by atoms with Crippen molar-refractivity contribution in [1.82, 2.24) is 20.2 Å². The van der Waals surface area contributed by atoms with Crippen LogP contribution in [0.4, 0.5) is 0 Å². The van der Waals surface area contributed by atoms with Gasteiger partial charge < -0.3 is 0 Å². The summed E-state index contributed by atoms with van der Waals surface area (Å²) in [6.45, 7) is 0. The first-order valence-electron chi connectivity index (χ1n) is 4.36. The smallest absolute Gasteiger partial charge is 0.129 e. The summed E-state index contributed by atoms with van der Waals surface area (Å²) in [6.07, 6.45) is 5.01. The average Bonchev–Trinajstić information content (AvgIpc) is 2.29. The van der Waals surface area contributed by atoms with Gasteiger partial charge in [-0.25, -0.2) is 4.98 Å². The topological polar surface area (TPSA) is 51.6 Å². The minimum atomic E-state index is 0.452. The van der Waals surface area contributed by atoms with Crippen LogP contribution >= 0.6 is 11.6 Å². The van der Waals surface area contributed by atoms with E-state index in [-0.39, 0.29) is 0 Å². The SMILES string of the molecule is Clc1cc2c(cn1)nnc1cnccc12. The van der Waals surface area contributed by atoms with Crippen molar-refractivity contribution >= 4 is 33.4 Å². The molecule has 0 aliphatic rings. The maximum Gasteiger partial charge on any atom is 0.129 e. The second-order valence-electron chi connectivity index (χ2n) is 3.12. The molecule has 0 amide bonds. The van der Waals surface area contributed by atoms with Crippen LogP contribution in [0.15, 0.2) is 30.7 Å². The molecule has 3 aromatic rings. The lowest BCUT2D eigenvalue weighted by Crippen LogP contribution is -1.89. The van der Waals surface area contributed by atoms with Gasteiger partial charge in [0.1, 0.15) is 16.2 Å². The van der Waals surface area contributed by atoms with Crippen molar-refractivity contribution in [2.24, 2.45) is 0 Å². The van der Waals surface area contributed by atoms with E-state index >= 15 is 0 Å². The first-order valence-corrected chi connectivity index (χ1v) is 4.74. The average molecular weight is 217 g/mol. The molecule has 4 nitrogen and oxygen atoms in total. The second kappa shape index (κ2) is 3.10. The van der Waals surface area contributed by atoms with Gasteiger partial charge in [-0.15, -0.1) is 10.2 Å². The van der Waals surface area contributed by atoms with Crippen molar-refractivity contribution < 1.29 is 0 Å². The molecule has 0 saturated heterocycles. The number of fused-ring (bicyclic) bond motifs is 3. The fourth-order valence-corrected chi connectivity index (χ4v) is 1.68. The number of aromatic nitrogens is 4. The van der Waals surface area contributed by atoms with Crippen molar-refractivity contribution in [3.63, 3.8) is 0 Å². The van der Waals surface area contributed by atoms with Gasteiger partial charge in [0.2, 0.25) is 0 Å². The molecule has 5 heteroatoms. The van der Waals surface area contributed by atoms with E-state index in [1.807, 2.05) is 6.07 Å². The van der Waals surface area contributed by atoms with Crippen LogP contribution in [0.2, 0.25) is 5.15 Å². The van der Waals surface area contributed by atoms with Gasteiger partial charge in [0.15, 0.2) is 0 Å². The molecule has 0 aliphatic heterocycles. The van der Waals surface area contributed by atoms with E-state index in [0.717, 1.165) is 21.8 Å². The normalized spacial score (nSPS) is 11.0. The molecule has 3 heterocycles. The first kappa shape index (κ1) is 8.49. The van der Waals surface area contributed by atoms with Gasteiger partial charge in [0, 0.05) is 17.0 Å². The standard InChI is InChI=1S/C10H5ClN4/c11-10-3-7-6-1-2-12-4-8(6)14-15-9(7)5-13-10/h1-5H. The third-order valence-electron chi connectivity index (χ3n) is 2.21. The molecule has 0 aliphatic carbocycles. The van der Waals surface area contributed by atoms with Crippen LogP contribution in [0.5, 0.6) is 0 Å². The highest BCUT2D eigenvalue weighted by Gasteiger charge is 2.03. The predicted octanol–water partition coefficient (Wildman–Crippen LogP) is 2.23. The van der Waals surface area contributed by atoms with Crippen LogP contribution in [0.3, 0.4) is 0 Å². The number of nitrogens with zero attached hydrogens (tertiary/aromatic N) is 4. The van der Waals surface area contributed by atoms with E-state index in [4.69, 9.17) is 11.6 Å². The Morgan fingerprint density at radius 2 is 1.80 bits per heavy atom. The summed E-state index contributed by atoms with van der Waals surface area (Å²) in [4.78, 5) is 7.95. The largest absolute Gasteiger partial charge is 0.262 e. The van der Waals surface area contributed by atoms with E-state index in [0.29, 0.717) is 5.15 Å². The Hall–Kier alpha value is -1.81. The molecule has 0 saturated carbocycles. The molecular formula is C10H5ClN4.